The zero-order valence-electron chi connectivity index (χ0n) is 11.8. The summed E-state index contributed by atoms with van der Waals surface area (Å²) in [6, 6.07) is 6.63. The predicted octanol–water partition coefficient (Wildman–Crippen LogP) is 2.45. The maximum absolute atomic E-state index is 5.67. The minimum Gasteiger partial charge on any atom is -0.493 e. The molecule has 3 nitrogen and oxygen atoms in total. The second kappa shape index (κ2) is 5.83. The molecule has 0 radical (unpaired) electrons. The molecule has 1 unspecified atom stereocenters. The number of nitrogens with zero attached hydrogens (tertiary/aromatic N) is 1. The van der Waals surface area contributed by atoms with Crippen molar-refractivity contribution in [1.29, 1.82) is 0 Å². The van der Waals surface area contributed by atoms with E-state index in [4.69, 9.17) is 4.74 Å². The Kier molecular flexibility index (Phi) is 3.92. The summed E-state index contributed by atoms with van der Waals surface area (Å²) in [4.78, 5) is 2.38. The lowest BCUT2D eigenvalue weighted by molar-refractivity contribution is 0.288. The highest BCUT2D eigenvalue weighted by Crippen LogP contribution is 2.29. The summed E-state index contributed by atoms with van der Waals surface area (Å²) in [5, 5.41) is 3.44. The van der Waals surface area contributed by atoms with E-state index in [0.717, 1.165) is 37.7 Å². The number of hydrogen-bond acceptors (Lipinski definition) is 3. The first-order chi connectivity index (χ1) is 9.33. The first kappa shape index (κ1) is 12.8. The molecule has 0 aliphatic carbocycles. The average Bonchev–Trinajstić information content (AvgIpc) is 2.97. The van der Waals surface area contributed by atoms with Crippen LogP contribution in [-0.4, -0.2) is 33.3 Å². The largest absolute Gasteiger partial charge is 0.493 e. The number of aryl methyl sites for hydroxylation is 1. The molecule has 3 heteroatoms. The SMILES string of the molecule is CN(CCC1CCNC1)c1ccc2c(c1)CCCO2. The van der Waals surface area contributed by atoms with Crippen LogP contribution in [-0.2, 0) is 6.42 Å². The Labute approximate surface area is 115 Å². The lowest BCUT2D eigenvalue weighted by Gasteiger charge is -2.24. The molecule has 0 saturated carbocycles. The lowest BCUT2D eigenvalue weighted by atomic mass is 10.0. The third kappa shape index (κ3) is 3.03. The van der Waals surface area contributed by atoms with Gasteiger partial charge in [0.25, 0.3) is 0 Å². The summed E-state index contributed by atoms with van der Waals surface area (Å²) in [5.74, 6) is 1.95. The van der Waals surface area contributed by atoms with Crippen LogP contribution in [0.5, 0.6) is 5.75 Å². The van der Waals surface area contributed by atoms with Crippen LogP contribution in [0.15, 0.2) is 18.2 Å². The van der Waals surface area contributed by atoms with E-state index in [-0.39, 0.29) is 0 Å². The van der Waals surface area contributed by atoms with Gasteiger partial charge in [-0.15, -0.1) is 0 Å². The molecular formula is C16H24N2O. The Balaban J connectivity index is 1.60. The number of fused-ring (bicyclic) bond motifs is 1. The second-order valence-electron chi connectivity index (χ2n) is 5.81. The molecule has 1 saturated heterocycles. The van der Waals surface area contributed by atoms with E-state index in [0.29, 0.717) is 0 Å². The number of anilines is 1. The van der Waals surface area contributed by atoms with Gasteiger partial charge in [0, 0.05) is 19.3 Å². The molecule has 1 aromatic carbocycles. The zero-order valence-corrected chi connectivity index (χ0v) is 11.8. The molecule has 1 aromatic rings. The second-order valence-corrected chi connectivity index (χ2v) is 5.81. The molecule has 2 aliphatic rings. The molecule has 1 N–H and O–H groups in total. The summed E-state index contributed by atoms with van der Waals surface area (Å²) in [6.45, 7) is 4.42. The number of ether oxygens (including phenoxy) is 1. The molecular weight excluding hydrogens is 236 g/mol. The Morgan fingerprint density at radius 1 is 1.42 bits per heavy atom. The van der Waals surface area contributed by atoms with Gasteiger partial charge in [-0.2, -0.15) is 0 Å². The van der Waals surface area contributed by atoms with E-state index in [1.54, 1.807) is 0 Å². The van der Waals surface area contributed by atoms with Crippen LogP contribution in [0.1, 0.15) is 24.8 Å². The van der Waals surface area contributed by atoms with Crippen LogP contribution in [0.25, 0.3) is 0 Å². The van der Waals surface area contributed by atoms with Crippen LogP contribution in [0.3, 0.4) is 0 Å². The smallest absolute Gasteiger partial charge is 0.122 e. The molecule has 1 fully saturated rings. The Morgan fingerprint density at radius 2 is 2.37 bits per heavy atom. The van der Waals surface area contributed by atoms with Gasteiger partial charge < -0.3 is 15.0 Å². The fourth-order valence-corrected chi connectivity index (χ4v) is 3.05. The van der Waals surface area contributed by atoms with Crippen LogP contribution in [0, 0.1) is 5.92 Å². The summed E-state index contributed by atoms with van der Waals surface area (Å²) in [5.41, 5.74) is 2.70. The van der Waals surface area contributed by atoms with Crippen molar-refractivity contribution in [3.05, 3.63) is 23.8 Å². The van der Waals surface area contributed by atoms with Crippen LogP contribution >= 0.6 is 0 Å². The number of benzene rings is 1. The third-order valence-corrected chi connectivity index (χ3v) is 4.37. The van der Waals surface area contributed by atoms with E-state index in [1.165, 1.54) is 37.2 Å². The van der Waals surface area contributed by atoms with E-state index in [2.05, 4.69) is 35.5 Å². The van der Waals surface area contributed by atoms with Crippen molar-refractivity contribution in [3.63, 3.8) is 0 Å². The number of hydrogen-bond donors (Lipinski definition) is 1. The molecule has 1 atom stereocenters. The van der Waals surface area contributed by atoms with Crippen molar-refractivity contribution in [3.8, 4) is 5.75 Å². The molecule has 3 rings (SSSR count). The predicted molar refractivity (Wildman–Crippen MR) is 79.1 cm³/mol. The molecule has 19 heavy (non-hydrogen) atoms. The normalized spacial score (nSPS) is 21.8. The summed E-state index contributed by atoms with van der Waals surface area (Å²) >= 11 is 0. The fraction of sp³-hybridized carbons (Fsp3) is 0.625. The molecule has 0 aromatic heterocycles. The molecule has 0 spiro atoms. The topological polar surface area (TPSA) is 24.5 Å². The summed E-state index contributed by atoms with van der Waals surface area (Å²) in [7, 11) is 2.20. The van der Waals surface area contributed by atoms with Gasteiger partial charge in [0.15, 0.2) is 0 Å². The van der Waals surface area contributed by atoms with Gasteiger partial charge in [-0.1, -0.05) is 0 Å². The van der Waals surface area contributed by atoms with Crippen LogP contribution < -0.4 is 15.0 Å². The minimum atomic E-state index is 0.864. The number of rotatable bonds is 4. The van der Waals surface area contributed by atoms with E-state index < -0.39 is 0 Å². The molecule has 0 amide bonds. The van der Waals surface area contributed by atoms with Gasteiger partial charge in [0.1, 0.15) is 5.75 Å². The maximum Gasteiger partial charge on any atom is 0.122 e. The highest BCUT2D eigenvalue weighted by molar-refractivity contribution is 5.53. The van der Waals surface area contributed by atoms with Crippen molar-refractivity contribution >= 4 is 5.69 Å². The zero-order chi connectivity index (χ0) is 13.1. The molecule has 104 valence electrons. The monoisotopic (exact) mass is 260 g/mol. The summed E-state index contributed by atoms with van der Waals surface area (Å²) < 4.78 is 5.67. The van der Waals surface area contributed by atoms with Gasteiger partial charge in [-0.3, -0.25) is 0 Å². The van der Waals surface area contributed by atoms with Gasteiger partial charge >= 0.3 is 0 Å². The fourth-order valence-electron chi connectivity index (χ4n) is 3.05. The van der Waals surface area contributed by atoms with Gasteiger partial charge in [-0.05, 0) is 68.5 Å². The van der Waals surface area contributed by atoms with Gasteiger partial charge in [-0.25, -0.2) is 0 Å². The third-order valence-electron chi connectivity index (χ3n) is 4.37. The maximum atomic E-state index is 5.67. The van der Waals surface area contributed by atoms with E-state index in [9.17, 15) is 0 Å². The van der Waals surface area contributed by atoms with Gasteiger partial charge in [0.2, 0.25) is 0 Å². The van der Waals surface area contributed by atoms with E-state index in [1.807, 2.05) is 0 Å². The van der Waals surface area contributed by atoms with Crippen molar-refractivity contribution < 1.29 is 4.74 Å². The number of nitrogens with one attached hydrogen (secondary N) is 1. The van der Waals surface area contributed by atoms with E-state index >= 15 is 0 Å². The molecule has 2 aliphatic heterocycles. The van der Waals surface area contributed by atoms with Crippen LogP contribution in [0.2, 0.25) is 0 Å². The highest BCUT2D eigenvalue weighted by atomic mass is 16.5. The highest BCUT2D eigenvalue weighted by Gasteiger charge is 2.16. The summed E-state index contributed by atoms with van der Waals surface area (Å²) in [6.07, 6.45) is 4.93. The first-order valence-electron chi connectivity index (χ1n) is 7.50. The Hall–Kier alpha value is -1.22. The Morgan fingerprint density at radius 3 is 3.21 bits per heavy atom. The van der Waals surface area contributed by atoms with Gasteiger partial charge in [0.05, 0.1) is 6.61 Å². The van der Waals surface area contributed by atoms with Crippen molar-refractivity contribution in [1.82, 2.24) is 5.32 Å². The Bertz CT molecular complexity index is 427. The minimum absolute atomic E-state index is 0.864. The van der Waals surface area contributed by atoms with Crippen LogP contribution in [0.4, 0.5) is 5.69 Å². The standard InChI is InChI=1S/C16H24N2O/c1-18(9-7-13-6-8-17-12-13)15-4-5-16-14(11-15)3-2-10-19-16/h4-5,11,13,17H,2-3,6-10,12H2,1H3. The molecule has 0 bridgehead atoms. The average molecular weight is 260 g/mol. The van der Waals surface area contributed by atoms with Crippen molar-refractivity contribution in [2.45, 2.75) is 25.7 Å². The quantitative estimate of drug-likeness (QED) is 0.900. The van der Waals surface area contributed by atoms with Crippen molar-refractivity contribution in [2.24, 2.45) is 5.92 Å². The lowest BCUT2D eigenvalue weighted by Crippen LogP contribution is -2.22. The van der Waals surface area contributed by atoms with Crippen molar-refractivity contribution in [2.75, 3.05) is 38.2 Å². The first-order valence-corrected chi connectivity index (χ1v) is 7.50. The molecule has 2 heterocycles.